The minimum absolute atomic E-state index is 0.843. The van der Waals surface area contributed by atoms with Crippen LogP contribution in [0, 0.1) is 12.8 Å². The van der Waals surface area contributed by atoms with Gasteiger partial charge in [0.15, 0.2) is 0 Å². The average Bonchev–Trinajstić information content (AvgIpc) is 2.64. The van der Waals surface area contributed by atoms with Gasteiger partial charge in [0.2, 0.25) is 0 Å². The summed E-state index contributed by atoms with van der Waals surface area (Å²) in [4.78, 5) is 0. The van der Waals surface area contributed by atoms with E-state index in [0.717, 1.165) is 5.92 Å². The summed E-state index contributed by atoms with van der Waals surface area (Å²) in [6.07, 6.45) is 2.55. The van der Waals surface area contributed by atoms with Gasteiger partial charge in [-0.25, -0.2) is 0 Å². The number of rotatable bonds is 2. The maximum Gasteiger partial charge on any atom is 0.0204 e. The molecule has 1 fully saturated rings. The highest BCUT2D eigenvalue weighted by atomic mass is 79.9. The SMILES string of the molecule is Cc1cc(CC2CCNC2)ccc1Br. The van der Waals surface area contributed by atoms with Crippen molar-refractivity contribution in [2.24, 2.45) is 5.92 Å². The van der Waals surface area contributed by atoms with E-state index in [9.17, 15) is 0 Å². The maximum atomic E-state index is 3.53. The minimum atomic E-state index is 0.843. The van der Waals surface area contributed by atoms with Crippen molar-refractivity contribution in [2.45, 2.75) is 19.8 Å². The summed E-state index contributed by atoms with van der Waals surface area (Å²) in [5, 5.41) is 3.41. The van der Waals surface area contributed by atoms with Gasteiger partial charge in [-0.3, -0.25) is 0 Å². The summed E-state index contributed by atoms with van der Waals surface area (Å²) in [5.41, 5.74) is 2.81. The molecule has 1 N–H and O–H groups in total. The molecule has 0 spiro atoms. The van der Waals surface area contributed by atoms with Crippen LogP contribution >= 0.6 is 15.9 Å². The summed E-state index contributed by atoms with van der Waals surface area (Å²) in [6, 6.07) is 6.69. The quantitative estimate of drug-likeness (QED) is 0.855. The summed E-state index contributed by atoms with van der Waals surface area (Å²) >= 11 is 3.53. The van der Waals surface area contributed by atoms with Gasteiger partial charge in [0, 0.05) is 4.47 Å². The normalized spacial score (nSPS) is 21.4. The highest BCUT2D eigenvalue weighted by molar-refractivity contribution is 9.10. The van der Waals surface area contributed by atoms with Crippen LogP contribution in [-0.4, -0.2) is 13.1 Å². The lowest BCUT2D eigenvalue weighted by Crippen LogP contribution is -2.10. The predicted molar refractivity (Wildman–Crippen MR) is 63.6 cm³/mol. The van der Waals surface area contributed by atoms with Gasteiger partial charge in [0.05, 0.1) is 0 Å². The summed E-state index contributed by atoms with van der Waals surface area (Å²) in [7, 11) is 0. The number of benzene rings is 1. The van der Waals surface area contributed by atoms with E-state index in [1.807, 2.05) is 0 Å². The van der Waals surface area contributed by atoms with Crippen LogP contribution in [-0.2, 0) is 6.42 Å². The standard InChI is InChI=1S/C12H16BrN/c1-9-6-10(2-3-12(9)13)7-11-4-5-14-8-11/h2-3,6,11,14H,4-5,7-8H2,1H3. The zero-order chi connectivity index (χ0) is 9.97. The fraction of sp³-hybridized carbons (Fsp3) is 0.500. The molecule has 0 saturated carbocycles. The predicted octanol–water partition coefficient (Wildman–Crippen LogP) is 2.91. The van der Waals surface area contributed by atoms with Crippen LogP contribution < -0.4 is 5.32 Å². The average molecular weight is 254 g/mol. The van der Waals surface area contributed by atoms with E-state index in [1.54, 1.807) is 0 Å². The zero-order valence-electron chi connectivity index (χ0n) is 8.52. The van der Waals surface area contributed by atoms with Crippen molar-refractivity contribution in [3.05, 3.63) is 33.8 Å². The first-order valence-corrected chi connectivity index (χ1v) is 6.01. The third-order valence-corrected chi connectivity index (χ3v) is 3.80. The summed E-state index contributed by atoms with van der Waals surface area (Å²) in [5.74, 6) is 0.843. The molecule has 1 saturated heterocycles. The molecule has 1 aromatic rings. The van der Waals surface area contributed by atoms with E-state index in [2.05, 4.69) is 46.4 Å². The Morgan fingerprint density at radius 3 is 3.00 bits per heavy atom. The molecule has 1 atom stereocenters. The molecule has 1 nitrogen and oxygen atoms in total. The van der Waals surface area contributed by atoms with Gasteiger partial charge in [-0.1, -0.05) is 28.1 Å². The Bertz CT molecular complexity index is 316. The molecule has 0 bridgehead atoms. The van der Waals surface area contributed by atoms with Crippen molar-refractivity contribution in [1.82, 2.24) is 5.32 Å². The minimum Gasteiger partial charge on any atom is -0.316 e. The molecule has 76 valence electrons. The van der Waals surface area contributed by atoms with E-state index < -0.39 is 0 Å². The van der Waals surface area contributed by atoms with Crippen molar-refractivity contribution in [1.29, 1.82) is 0 Å². The van der Waals surface area contributed by atoms with E-state index >= 15 is 0 Å². The Balaban J connectivity index is 2.05. The molecule has 1 unspecified atom stereocenters. The summed E-state index contributed by atoms with van der Waals surface area (Å²) < 4.78 is 1.21. The molecule has 2 rings (SSSR count). The Hall–Kier alpha value is -0.340. The van der Waals surface area contributed by atoms with Gasteiger partial charge >= 0.3 is 0 Å². The smallest absolute Gasteiger partial charge is 0.0204 e. The lowest BCUT2D eigenvalue weighted by atomic mass is 9.98. The van der Waals surface area contributed by atoms with E-state index in [4.69, 9.17) is 0 Å². The monoisotopic (exact) mass is 253 g/mol. The molecule has 0 aliphatic carbocycles. The molecule has 0 radical (unpaired) electrons. The fourth-order valence-corrected chi connectivity index (χ4v) is 2.30. The molecule has 14 heavy (non-hydrogen) atoms. The molecule has 2 heteroatoms. The second-order valence-electron chi connectivity index (χ2n) is 4.15. The van der Waals surface area contributed by atoms with Gasteiger partial charge in [-0.2, -0.15) is 0 Å². The van der Waals surface area contributed by atoms with Crippen LogP contribution in [0.25, 0.3) is 0 Å². The molecule has 1 aromatic carbocycles. The number of aryl methyl sites for hydroxylation is 1. The number of nitrogens with one attached hydrogen (secondary N) is 1. The zero-order valence-corrected chi connectivity index (χ0v) is 10.1. The molecule has 0 aromatic heterocycles. The molecular formula is C12H16BrN. The second-order valence-corrected chi connectivity index (χ2v) is 5.00. The second kappa shape index (κ2) is 4.45. The summed E-state index contributed by atoms with van der Waals surface area (Å²) in [6.45, 7) is 4.54. The lowest BCUT2D eigenvalue weighted by Gasteiger charge is -2.09. The maximum absolute atomic E-state index is 3.53. The third kappa shape index (κ3) is 2.37. The Labute approximate surface area is 94.0 Å². The van der Waals surface area contributed by atoms with Gasteiger partial charge in [-0.15, -0.1) is 0 Å². The van der Waals surface area contributed by atoms with Crippen LogP contribution in [0.15, 0.2) is 22.7 Å². The van der Waals surface area contributed by atoms with Crippen molar-refractivity contribution < 1.29 is 0 Å². The molecule has 1 aliphatic heterocycles. The van der Waals surface area contributed by atoms with E-state index in [-0.39, 0.29) is 0 Å². The van der Waals surface area contributed by atoms with Crippen molar-refractivity contribution in [3.8, 4) is 0 Å². The Kier molecular flexibility index (Phi) is 3.24. The molecule has 1 aliphatic rings. The highest BCUT2D eigenvalue weighted by Gasteiger charge is 2.14. The van der Waals surface area contributed by atoms with Crippen LogP contribution in [0.4, 0.5) is 0 Å². The third-order valence-electron chi connectivity index (χ3n) is 2.91. The lowest BCUT2D eigenvalue weighted by molar-refractivity contribution is 0.580. The van der Waals surface area contributed by atoms with Crippen LogP contribution in [0.2, 0.25) is 0 Å². The first-order chi connectivity index (χ1) is 6.75. The van der Waals surface area contributed by atoms with Gasteiger partial charge in [0.25, 0.3) is 0 Å². The number of halogens is 1. The largest absolute Gasteiger partial charge is 0.316 e. The van der Waals surface area contributed by atoms with Crippen molar-refractivity contribution >= 4 is 15.9 Å². The van der Waals surface area contributed by atoms with Crippen LogP contribution in [0.3, 0.4) is 0 Å². The first kappa shape index (κ1) is 10.2. The van der Waals surface area contributed by atoms with Crippen LogP contribution in [0.1, 0.15) is 17.5 Å². The Morgan fingerprint density at radius 1 is 1.50 bits per heavy atom. The fourth-order valence-electron chi connectivity index (χ4n) is 2.06. The van der Waals surface area contributed by atoms with E-state index in [0.29, 0.717) is 0 Å². The first-order valence-electron chi connectivity index (χ1n) is 5.21. The van der Waals surface area contributed by atoms with Crippen molar-refractivity contribution in [3.63, 3.8) is 0 Å². The van der Waals surface area contributed by atoms with Crippen LogP contribution in [0.5, 0.6) is 0 Å². The topological polar surface area (TPSA) is 12.0 Å². The van der Waals surface area contributed by atoms with Gasteiger partial charge < -0.3 is 5.32 Å². The van der Waals surface area contributed by atoms with E-state index in [1.165, 1.54) is 41.5 Å². The number of hydrogen-bond acceptors (Lipinski definition) is 1. The van der Waals surface area contributed by atoms with Gasteiger partial charge in [-0.05, 0) is 56.0 Å². The molecule has 1 heterocycles. The highest BCUT2D eigenvalue weighted by Crippen LogP contribution is 2.20. The van der Waals surface area contributed by atoms with Crippen molar-refractivity contribution in [2.75, 3.05) is 13.1 Å². The Morgan fingerprint density at radius 2 is 2.36 bits per heavy atom. The molecule has 0 amide bonds. The number of hydrogen-bond donors (Lipinski definition) is 1. The molecular weight excluding hydrogens is 238 g/mol. The van der Waals surface area contributed by atoms with Gasteiger partial charge in [0.1, 0.15) is 0 Å².